The van der Waals surface area contributed by atoms with Crippen LogP contribution in [0.2, 0.25) is 0 Å². The first-order valence-corrected chi connectivity index (χ1v) is 9.42. The van der Waals surface area contributed by atoms with Gasteiger partial charge in [-0.05, 0) is 48.7 Å². The second kappa shape index (κ2) is 7.66. The number of likely N-dealkylation sites (N-methyl/N-ethyl adjacent to an activating group) is 1. The second-order valence-corrected chi connectivity index (χ2v) is 7.51. The highest BCUT2D eigenvalue weighted by molar-refractivity contribution is 9.10. The molecular weight excluding hydrogens is 408 g/mol. The number of nitrogens with zero attached hydrogens (tertiary/aromatic N) is 2. The molecule has 2 aromatic carbocycles. The molecule has 0 radical (unpaired) electrons. The molecule has 0 spiro atoms. The van der Waals surface area contributed by atoms with Crippen LogP contribution in [0.1, 0.15) is 16.7 Å². The van der Waals surface area contributed by atoms with E-state index in [2.05, 4.69) is 15.9 Å². The van der Waals surface area contributed by atoms with E-state index in [1.54, 1.807) is 30.1 Å². The zero-order chi connectivity index (χ0) is 19.7. The van der Waals surface area contributed by atoms with Gasteiger partial charge in [0.1, 0.15) is 5.70 Å². The van der Waals surface area contributed by atoms with Gasteiger partial charge in [0.25, 0.3) is 11.8 Å². The Morgan fingerprint density at radius 2 is 1.78 bits per heavy atom. The van der Waals surface area contributed by atoms with Crippen LogP contribution in [0.25, 0.3) is 5.57 Å². The number of hydrogen-bond acceptors (Lipinski definition) is 4. The van der Waals surface area contributed by atoms with Gasteiger partial charge in [-0.1, -0.05) is 40.2 Å². The predicted octanol–water partition coefficient (Wildman–Crippen LogP) is 3.27. The smallest absolute Gasteiger partial charge is 0.282 e. The maximum absolute atomic E-state index is 13.3. The van der Waals surface area contributed by atoms with Crippen LogP contribution in [0, 0.1) is 13.8 Å². The maximum atomic E-state index is 13.3. The van der Waals surface area contributed by atoms with E-state index in [0.717, 1.165) is 15.6 Å². The normalized spacial score (nSPS) is 14.3. The van der Waals surface area contributed by atoms with Gasteiger partial charge in [-0.3, -0.25) is 9.59 Å². The van der Waals surface area contributed by atoms with Gasteiger partial charge in [0, 0.05) is 18.1 Å². The third-order valence-corrected chi connectivity index (χ3v) is 5.23. The molecule has 0 saturated heterocycles. The average molecular weight is 429 g/mol. The molecule has 0 unspecified atom stereocenters. The molecule has 6 heteroatoms. The summed E-state index contributed by atoms with van der Waals surface area (Å²) in [5, 5.41) is 9.33. The number of halogens is 1. The number of aliphatic hydroxyl groups is 1. The molecule has 0 fully saturated rings. The summed E-state index contributed by atoms with van der Waals surface area (Å²) in [5.41, 5.74) is 4.04. The van der Waals surface area contributed by atoms with Gasteiger partial charge >= 0.3 is 0 Å². The third-order valence-electron chi connectivity index (χ3n) is 4.74. The molecular formula is C21H21BrN2O3. The van der Waals surface area contributed by atoms with Crippen molar-refractivity contribution in [2.45, 2.75) is 13.8 Å². The van der Waals surface area contributed by atoms with Crippen LogP contribution in [-0.2, 0) is 9.59 Å². The van der Waals surface area contributed by atoms with Crippen molar-refractivity contribution in [1.29, 1.82) is 0 Å². The molecule has 1 aliphatic heterocycles. The Hall–Kier alpha value is -2.44. The minimum atomic E-state index is -0.387. The van der Waals surface area contributed by atoms with Crippen LogP contribution in [0.15, 0.2) is 52.6 Å². The lowest BCUT2D eigenvalue weighted by Crippen LogP contribution is -2.34. The number of carbonyl (C=O) groups is 2. The van der Waals surface area contributed by atoms with Crippen molar-refractivity contribution in [3.05, 3.63) is 69.3 Å². The number of aliphatic hydroxyl groups excluding tert-OH is 1. The first kappa shape index (κ1) is 19.3. The largest absolute Gasteiger partial charge is 0.395 e. The predicted molar refractivity (Wildman–Crippen MR) is 109 cm³/mol. The molecule has 0 bridgehead atoms. The number of anilines is 1. The van der Waals surface area contributed by atoms with Crippen molar-refractivity contribution in [2.24, 2.45) is 0 Å². The summed E-state index contributed by atoms with van der Waals surface area (Å²) in [6, 6.07) is 12.8. The molecule has 27 heavy (non-hydrogen) atoms. The van der Waals surface area contributed by atoms with E-state index in [1.807, 2.05) is 38.1 Å². The van der Waals surface area contributed by atoms with Crippen molar-refractivity contribution in [2.75, 3.05) is 25.1 Å². The molecule has 2 aromatic rings. The van der Waals surface area contributed by atoms with Crippen LogP contribution in [0.3, 0.4) is 0 Å². The quantitative estimate of drug-likeness (QED) is 0.742. The summed E-state index contributed by atoms with van der Waals surface area (Å²) in [6.45, 7) is 4.12. The van der Waals surface area contributed by atoms with E-state index >= 15 is 0 Å². The van der Waals surface area contributed by atoms with Crippen LogP contribution in [-0.4, -0.2) is 42.0 Å². The molecule has 0 saturated carbocycles. The fraction of sp³-hybridized carbons (Fsp3) is 0.238. The number of rotatable bonds is 5. The van der Waals surface area contributed by atoms with Crippen molar-refractivity contribution in [3.63, 3.8) is 0 Å². The Bertz CT molecular complexity index is 952. The number of carbonyl (C=O) groups excluding carboxylic acids is 2. The van der Waals surface area contributed by atoms with Gasteiger partial charge in [0.05, 0.1) is 17.9 Å². The lowest BCUT2D eigenvalue weighted by molar-refractivity contribution is -0.120. The molecule has 0 atom stereocenters. The fourth-order valence-corrected chi connectivity index (χ4v) is 3.53. The minimum Gasteiger partial charge on any atom is -0.395 e. The highest BCUT2D eigenvalue weighted by Crippen LogP contribution is 2.35. The summed E-state index contributed by atoms with van der Waals surface area (Å²) in [7, 11) is 1.71. The number of amides is 2. The van der Waals surface area contributed by atoms with Gasteiger partial charge in [-0.25, -0.2) is 4.90 Å². The molecule has 1 heterocycles. The summed E-state index contributed by atoms with van der Waals surface area (Å²) < 4.78 is 0.783. The first-order chi connectivity index (χ1) is 12.8. The van der Waals surface area contributed by atoms with Gasteiger partial charge in [-0.2, -0.15) is 0 Å². The highest BCUT2D eigenvalue weighted by Gasteiger charge is 2.41. The minimum absolute atomic E-state index is 0.113. The Morgan fingerprint density at radius 1 is 1.04 bits per heavy atom. The molecule has 140 valence electrons. The van der Waals surface area contributed by atoms with Gasteiger partial charge in [-0.15, -0.1) is 0 Å². The molecule has 5 nitrogen and oxygen atoms in total. The summed E-state index contributed by atoms with van der Waals surface area (Å²) >= 11 is 3.39. The van der Waals surface area contributed by atoms with E-state index in [0.29, 0.717) is 22.5 Å². The lowest BCUT2D eigenvalue weighted by atomic mass is 9.99. The molecule has 1 aliphatic rings. The molecule has 0 aromatic heterocycles. The topological polar surface area (TPSA) is 60.9 Å². The number of hydrogen-bond donors (Lipinski definition) is 1. The van der Waals surface area contributed by atoms with Crippen LogP contribution >= 0.6 is 15.9 Å². The van der Waals surface area contributed by atoms with Crippen LogP contribution in [0.5, 0.6) is 0 Å². The SMILES string of the molecule is Cc1ccc(C2=C(N(C)CCO)C(=O)N(c3cccc(Br)c3)C2=O)cc1C. The van der Waals surface area contributed by atoms with Crippen LogP contribution < -0.4 is 4.90 Å². The summed E-state index contributed by atoms with van der Waals surface area (Å²) in [6.07, 6.45) is 0. The fourth-order valence-electron chi connectivity index (χ4n) is 3.14. The molecule has 1 N–H and O–H groups in total. The van der Waals surface area contributed by atoms with E-state index in [4.69, 9.17) is 0 Å². The van der Waals surface area contributed by atoms with Gasteiger partial charge in [0.15, 0.2) is 0 Å². The number of benzene rings is 2. The van der Waals surface area contributed by atoms with E-state index in [1.165, 1.54) is 4.90 Å². The monoisotopic (exact) mass is 428 g/mol. The lowest BCUT2D eigenvalue weighted by Gasteiger charge is -2.20. The van der Waals surface area contributed by atoms with Crippen LogP contribution in [0.4, 0.5) is 5.69 Å². The second-order valence-electron chi connectivity index (χ2n) is 6.59. The standard InChI is InChI=1S/C21H21BrN2O3/c1-13-7-8-15(11-14(13)2)18-19(23(3)9-10-25)21(27)24(20(18)26)17-6-4-5-16(22)12-17/h4-8,11-12,25H,9-10H2,1-3H3. The maximum Gasteiger partial charge on any atom is 0.282 e. The Labute approximate surface area is 167 Å². The first-order valence-electron chi connectivity index (χ1n) is 8.63. The van der Waals surface area contributed by atoms with E-state index in [-0.39, 0.29) is 25.0 Å². The van der Waals surface area contributed by atoms with E-state index < -0.39 is 0 Å². The Balaban J connectivity index is 2.16. The molecule has 3 rings (SSSR count). The number of aryl methyl sites for hydroxylation is 2. The number of imide groups is 1. The summed E-state index contributed by atoms with van der Waals surface area (Å²) in [4.78, 5) is 29.3. The van der Waals surface area contributed by atoms with E-state index in [9.17, 15) is 14.7 Å². The van der Waals surface area contributed by atoms with Crippen molar-refractivity contribution in [3.8, 4) is 0 Å². The molecule has 0 aliphatic carbocycles. The summed E-state index contributed by atoms with van der Waals surface area (Å²) in [5.74, 6) is -0.747. The third kappa shape index (κ3) is 3.55. The average Bonchev–Trinajstić information content (AvgIpc) is 2.88. The zero-order valence-corrected chi connectivity index (χ0v) is 17.1. The zero-order valence-electron chi connectivity index (χ0n) is 15.5. The Kier molecular flexibility index (Phi) is 5.48. The highest BCUT2D eigenvalue weighted by atomic mass is 79.9. The van der Waals surface area contributed by atoms with Crippen molar-refractivity contribution >= 4 is 39.0 Å². The van der Waals surface area contributed by atoms with Gasteiger partial charge in [0.2, 0.25) is 0 Å². The van der Waals surface area contributed by atoms with Gasteiger partial charge < -0.3 is 10.0 Å². The molecule has 2 amide bonds. The van der Waals surface area contributed by atoms with Crippen molar-refractivity contribution < 1.29 is 14.7 Å². The Morgan fingerprint density at radius 3 is 2.41 bits per heavy atom. The van der Waals surface area contributed by atoms with Crippen molar-refractivity contribution in [1.82, 2.24) is 4.90 Å².